The Labute approximate surface area is 150 Å². The Balaban J connectivity index is 0.000000209. The standard InChI is InChI=1S/C14H10O2.C7H6O3/c15-13(11-7-3-1-4-8-11)14(16)12-9-5-2-6-10-12;8-6-4-2-1-3-5(6)7(9)10/h1-10H;1-4,8H,(H,9,10)/p-1. The van der Waals surface area contributed by atoms with Crippen LogP contribution >= 0.6 is 0 Å². The van der Waals surface area contributed by atoms with E-state index in [4.69, 9.17) is 5.11 Å². The number of aromatic carboxylic acids is 1. The molecule has 5 heteroatoms. The number of hydrogen-bond donors (Lipinski definition) is 1. The van der Waals surface area contributed by atoms with Gasteiger partial charge in [-0.25, -0.2) is 4.79 Å². The molecule has 0 unspecified atom stereocenters. The van der Waals surface area contributed by atoms with Crippen LogP contribution in [-0.4, -0.2) is 22.6 Å². The van der Waals surface area contributed by atoms with Crippen molar-refractivity contribution in [3.05, 3.63) is 102 Å². The first kappa shape index (κ1) is 18.6. The highest BCUT2D eigenvalue weighted by molar-refractivity contribution is 6.49. The highest BCUT2D eigenvalue weighted by Gasteiger charge is 2.17. The van der Waals surface area contributed by atoms with E-state index in [1.165, 1.54) is 24.3 Å². The van der Waals surface area contributed by atoms with Crippen LogP contribution in [0.4, 0.5) is 0 Å². The number of ketones is 2. The molecule has 0 bridgehead atoms. The van der Waals surface area contributed by atoms with Crippen molar-refractivity contribution in [3.63, 3.8) is 0 Å². The number of hydrogen-bond acceptors (Lipinski definition) is 4. The first-order valence-corrected chi connectivity index (χ1v) is 7.69. The van der Waals surface area contributed by atoms with Crippen LogP contribution in [-0.2, 0) is 0 Å². The minimum Gasteiger partial charge on any atom is -0.872 e. The maximum Gasteiger partial charge on any atom is 0.335 e. The van der Waals surface area contributed by atoms with E-state index in [9.17, 15) is 19.5 Å². The SMILES string of the molecule is O=C(C(=O)c1ccccc1)c1ccccc1.O=C(O)c1ccccc1[O-]. The zero-order valence-electron chi connectivity index (χ0n) is 13.7. The number of rotatable bonds is 4. The van der Waals surface area contributed by atoms with Gasteiger partial charge in [-0.1, -0.05) is 84.6 Å². The molecule has 0 spiro atoms. The van der Waals surface area contributed by atoms with E-state index in [2.05, 4.69) is 0 Å². The van der Waals surface area contributed by atoms with Crippen molar-refractivity contribution in [2.45, 2.75) is 0 Å². The second kappa shape index (κ2) is 8.94. The summed E-state index contributed by atoms with van der Waals surface area (Å²) in [5.74, 6) is -2.56. The highest BCUT2D eigenvalue weighted by Crippen LogP contribution is 2.11. The van der Waals surface area contributed by atoms with E-state index in [-0.39, 0.29) is 5.56 Å². The van der Waals surface area contributed by atoms with Crippen LogP contribution in [0.2, 0.25) is 0 Å². The lowest BCUT2D eigenvalue weighted by atomic mass is 10.0. The third-order valence-corrected chi connectivity index (χ3v) is 3.40. The molecule has 0 aliphatic carbocycles. The third-order valence-electron chi connectivity index (χ3n) is 3.40. The average Bonchev–Trinajstić information content (AvgIpc) is 2.69. The molecule has 0 aliphatic heterocycles. The summed E-state index contributed by atoms with van der Waals surface area (Å²) in [6.07, 6.45) is 0. The van der Waals surface area contributed by atoms with Gasteiger partial charge in [-0.05, 0) is 6.07 Å². The zero-order valence-corrected chi connectivity index (χ0v) is 13.7. The van der Waals surface area contributed by atoms with Gasteiger partial charge in [0.15, 0.2) is 0 Å². The molecule has 3 aromatic carbocycles. The minimum atomic E-state index is -1.18. The number of para-hydroxylation sites is 1. The van der Waals surface area contributed by atoms with Crippen LogP contribution in [0.25, 0.3) is 0 Å². The number of carbonyl (C=O) groups is 3. The van der Waals surface area contributed by atoms with E-state index in [1.807, 2.05) is 12.1 Å². The molecule has 0 saturated heterocycles. The normalized spacial score (nSPS) is 9.54. The molecule has 26 heavy (non-hydrogen) atoms. The molecule has 0 radical (unpaired) electrons. The fraction of sp³-hybridized carbons (Fsp3) is 0. The quantitative estimate of drug-likeness (QED) is 0.578. The first-order chi connectivity index (χ1) is 12.5. The minimum absolute atomic E-state index is 0.178. The molecule has 0 amide bonds. The molecule has 1 N–H and O–H groups in total. The van der Waals surface area contributed by atoms with Gasteiger partial charge in [0.05, 0.1) is 5.56 Å². The molecule has 0 saturated carbocycles. The van der Waals surface area contributed by atoms with Gasteiger partial charge in [0, 0.05) is 11.1 Å². The molecule has 3 rings (SSSR count). The third kappa shape index (κ3) is 4.88. The zero-order chi connectivity index (χ0) is 18.9. The largest absolute Gasteiger partial charge is 0.872 e. The Morgan fingerprint density at radius 1 is 0.615 bits per heavy atom. The van der Waals surface area contributed by atoms with E-state index in [0.29, 0.717) is 11.1 Å². The van der Waals surface area contributed by atoms with E-state index in [0.717, 1.165) is 0 Å². The first-order valence-electron chi connectivity index (χ1n) is 7.69. The molecule has 0 aromatic heterocycles. The van der Waals surface area contributed by atoms with Crippen molar-refractivity contribution < 1.29 is 24.6 Å². The van der Waals surface area contributed by atoms with Crippen LogP contribution in [0.5, 0.6) is 5.75 Å². The van der Waals surface area contributed by atoms with Crippen molar-refractivity contribution in [1.29, 1.82) is 0 Å². The summed E-state index contributed by atoms with van der Waals surface area (Å²) in [6, 6.07) is 22.7. The van der Waals surface area contributed by atoms with Crippen molar-refractivity contribution in [2.24, 2.45) is 0 Å². The van der Waals surface area contributed by atoms with Gasteiger partial charge in [0.2, 0.25) is 11.6 Å². The number of carboxylic acids is 1. The molecule has 5 nitrogen and oxygen atoms in total. The lowest BCUT2D eigenvalue weighted by Gasteiger charge is -2.07. The van der Waals surface area contributed by atoms with Crippen LogP contribution in [0.1, 0.15) is 31.1 Å². The maximum absolute atomic E-state index is 11.8. The Morgan fingerprint density at radius 3 is 1.35 bits per heavy atom. The topological polar surface area (TPSA) is 94.5 Å². The van der Waals surface area contributed by atoms with Gasteiger partial charge in [0.1, 0.15) is 0 Å². The van der Waals surface area contributed by atoms with Crippen molar-refractivity contribution in [3.8, 4) is 5.75 Å². The molecule has 130 valence electrons. The molecule has 0 aliphatic rings. The lowest BCUT2D eigenvalue weighted by Crippen LogP contribution is -2.14. The van der Waals surface area contributed by atoms with Gasteiger partial charge >= 0.3 is 5.97 Å². The van der Waals surface area contributed by atoms with Gasteiger partial charge in [-0.15, -0.1) is 0 Å². The number of carbonyl (C=O) groups excluding carboxylic acids is 2. The average molecular weight is 347 g/mol. The Kier molecular flexibility index (Phi) is 6.40. The van der Waals surface area contributed by atoms with Gasteiger partial charge in [0.25, 0.3) is 0 Å². The van der Waals surface area contributed by atoms with Crippen LogP contribution in [0.3, 0.4) is 0 Å². The molecule has 0 heterocycles. The summed E-state index contributed by atoms with van der Waals surface area (Å²) in [4.78, 5) is 33.8. The van der Waals surface area contributed by atoms with Crippen molar-refractivity contribution in [1.82, 2.24) is 0 Å². The highest BCUT2D eigenvalue weighted by atomic mass is 16.4. The summed E-state index contributed by atoms with van der Waals surface area (Å²) in [5, 5.41) is 19.0. The second-order valence-corrected chi connectivity index (χ2v) is 5.19. The fourth-order valence-corrected chi connectivity index (χ4v) is 2.08. The summed E-state index contributed by atoms with van der Waals surface area (Å²) < 4.78 is 0. The second-order valence-electron chi connectivity index (χ2n) is 5.19. The fourth-order valence-electron chi connectivity index (χ4n) is 2.08. The molecule has 3 aromatic rings. The van der Waals surface area contributed by atoms with E-state index >= 15 is 0 Å². The van der Waals surface area contributed by atoms with Gasteiger partial charge in [-0.3, -0.25) is 9.59 Å². The van der Waals surface area contributed by atoms with Crippen LogP contribution in [0.15, 0.2) is 84.9 Å². The molecular formula is C21H15O5-. The van der Waals surface area contributed by atoms with Crippen LogP contribution in [0, 0.1) is 0 Å². The Bertz CT molecular complexity index is 852. The Hall–Kier alpha value is -3.73. The summed E-state index contributed by atoms with van der Waals surface area (Å²) in [5.41, 5.74) is 0.676. The predicted molar refractivity (Wildman–Crippen MR) is 94.4 cm³/mol. The smallest absolute Gasteiger partial charge is 0.335 e. The number of benzene rings is 3. The summed E-state index contributed by atoms with van der Waals surface area (Å²) in [6.45, 7) is 0. The molecular weight excluding hydrogens is 332 g/mol. The van der Waals surface area contributed by atoms with Gasteiger partial charge < -0.3 is 10.2 Å². The predicted octanol–water partition coefficient (Wildman–Crippen LogP) is 3.21. The maximum atomic E-state index is 11.8. The lowest BCUT2D eigenvalue weighted by molar-refractivity contribution is -0.268. The molecule has 0 fully saturated rings. The molecule has 0 atom stereocenters. The van der Waals surface area contributed by atoms with Crippen molar-refractivity contribution >= 4 is 17.5 Å². The number of carboxylic acid groups (broad SMARTS) is 1. The summed E-state index contributed by atoms with van der Waals surface area (Å²) >= 11 is 0. The van der Waals surface area contributed by atoms with E-state index in [1.54, 1.807) is 48.5 Å². The summed E-state index contributed by atoms with van der Waals surface area (Å²) in [7, 11) is 0. The van der Waals surface area contributed by atoms with E-state index < -0.39 is 23.3 Å². The Morgan fingerprint density at radius 2 is 1.00 bits per heavy atom. The van der Waals surface area contributed by atoms with Crippen LogP contribution < -0.4 is 5.11 Å². The monoisotopic (exact) mass is 347 g/mol. The van der Waals surface area contributed by atoms with Gasteiger partial charge in [-0.2, -0.15) is 0 Å². The number of Topliss-reactive ketones (excluding diaryl/α,β-unsaturated/α-hetero) is 2. The van der Waals surface area contributed by atoms with Crippen molar-refractivity contribution in [2.75, 3.05) is 0 Å².